The smallest absolute Gasteiger partial charge is 0.206 e. The van der Waals surface area contributed by atoms with Crippen LogP contribution in [0.2, 0.25) is 0 Å². The van der Waals surface area contributed by atoms with Crippen LogP contribution in [-0.2, 0) is 6.42 Å². The van der Waals surface area contributed by atoms with E-state index in [9.17, 15) is 0 Å². The van der Waals surface area contributed by atoms with Gasteiger partial charge < -0.3 is 5.32 Å². The zero-order valence-electron chi connectivity index (χ0n) is 7.85. The van der Waals surface area contributed by atoms with Gasteiger partial charge >= 0.3 is 0 Å². The molecule has 6 heteroatoms. The molecule has 15 heavy (non-hydrogen) atoms. The lowest BCUT2D eigenvalue weighted by molar-refractivity contribution is 0.987. The molecule has 0 unspecified atom stereocenters. The van der Waals surface area contributed by atoms with E-state index in [1.807, 2.05) is 12.1 Å². The molecule has 0 aromatic carbocycles. The van der Waals surface area contributed by atoms with Crippen LogP contribution in [0.4, 0.5) is 5.13 Å². The Morgan fingerprint density at radius 2 is 2.07 bits per heavy atom. The standard InChI is InChI=1S/C9H9BrN4S/c10-8-13-14-9(15-8)12-6-3-7-1-4-11-5-2-7/h1-2,4-5H,3,6H2,(H,12,14). The van der Waals surface area contributed by atoms with E-state index in [0.717, 1.165) is 22.0 Å². The van der Waals surface area contributed by atoms with Gasteiger partial charge in [0.25, 0.3) is 0 Å². The Kier molecular flexibility index (Phi) is 3.63. The molecule has 0 amide bonds. The summed E-state index contributed by atoms with van der Waals surface area (Å²) in [6.07, 6.45) is 4.56. The maximum atomic E-state index is 3.97. The van der Waals surface area contributed by atoms with Crippen LogP contribution in [0.3, 0.4) is 0 Å². The van der Waals surface area contributed by atoms with Crippen molar-refractivity contribution in [1.82, 2.24) is 15.2 Å². The topological polar surface area (TPSA) is 50.7 Å². The lowest BCUT2D eigenvalue weighted by Gasteiger charge is -2.01. The molecule has 78 valence electrons. The Morgan fingerprint density at radius 1 is 1.27 bits per heavy atom. The van der Waals surface area contributed by atoms with E-state index in [1.54, 1.807) is 12.4 Å². The van der Waals surface area contributed by atoms with Crippen molar-refractivity contribution in [3.63, 3.8) is 0 Å². The second kappa shape index (κ2) is 5.18. The van der Waals surface area contributed by atoms with Gasteiger partial charge in [-0.15, -0.1) is 10.2 Å². The summed E-state index contributed by atoms with van der Waals surface area (Å²) >= 11 is 4.76. The Hall–Kier alpha value is -1.01. The molecule has 0 radical (unpaired) electrons. The number of rotatable bonds is 4. The van der Waals surface area contributed by atoms with Crippen LogP contribution >= 0.6 is 27.3 Å². The van der Waals surface area contributed by atoms with Gasteiger partial charge in [0.15, 0.2) is 3.92 Å². The Morgan fingerprint density at radius 3 is 2.73 bits per heavy atom. The van der Waals surface area contributed by atoms with Crippen LogP contribution in [0.1, 0.15) is 5.56 Å². The molecule has 2 aromatic heterocycles. The van der Waals surface area contributed by atoms with Crippen molar-refractivity contribution in [3.8, 4) is 0 Å². The van der Waals surface area contributed by atoms with E-state index >= 15 is 0 Å². The molecule has 0 bridgehead atoms. The molecule has 0 aliphatic heterocycles. The van der Waals surface area contributed by atoms with Crippen molar-refractivity contribution < 1.29 is 0 Å². The van der Waals surface area contributed by atoms with Crippen LogP contribution in [0.5, 0.6) is 0 Å². The largest absolute Gasteiger partial charge is 0.360 e. The fraction of sp³-hybridized carbons (Fsp3) is 0.222. The summed E-state index contributed by atoms with van der Waals surface area (Å²) in [6.45, 7) is 0.853. The molecular weight excluding hydrogens is 276 g/mol. The molecule has 2 aromatic rings. The number of nitrogens with one attached hydrogen (secondary N) is 1. The molecule has 2 rings (SSSR count). The van der Waals surface area contributed by atoms with Crippen LogP contribution < -0.4 is 5.32 Å². The summed E-state index contributed by atoms with van der Waals surface area (Å²) in [5.41, 5.74) is 1.26. The first-order valence-corrected chi connectivity index (χ1v) is 6.07. The maximum absolute atomic E-state index is 3.97. The summed E-state index contributed by atoms with van der Waals surface area (Å²) in [4.78, 5) is 3.97. The normalized spacial score (nSPS) is 10.2. The summed E-state index contributed by atoms with van der Waals surface area (Å²) in [5.74, 6) is 0. The summed E-state index contributed by atoms with van der Waals surface area (Å²) in [6, 6.07) is 4.02. The Balaban J connectivity index is 1.80. The SMILES string of the molecule is Brc1nnc(NCCc2ccncc2)s1. The second-order valence-corrected chi connectivity index (χ2v) is 5.15. The van der Waals surface area contributed by atoms with E-state index in [1.165, 1.54) is 16.9 Å². The highest BCUT2D eigenvalue weighted by Crippen LogP contribution is 2.19. The van der Waals surface area contributed by atoms with E-state index in [-0.39, 0.29) is 0 Å². The monoisotopic (exact) mass is 284 g/mol. The average molecular weight is 285 g/mol. The highest BCUT2D eigenvalue weighted by Gasteiger charge is 1.99. The molecule has 0 aliphatic carbocycles. The molecule has 1 N–H and O–H groups in total. The summed E-state index contributed by atoms with van der Waals surface area (Å²) in [7, 11) is 0. The quantitative estimate of drug-likeness (QED) is 0.937. The van der Waals surface area contributed by atoms with Gasteiger partial charge in [-0.1, -0.05) is 11.3 Å². The van der Waals surface area contributed by atoms with Crippen LogP contribution in [0, 0.1) is 0 Å². The van der Waals surface area contributed by atoms with E-state index in [4.69, 9.17) is 0 Å². The number of anilines is 1. The minimum Gasteiger partial charge on any atom is -0.360 e. The van der Waals surface area contributed by atoms with Crippen molar-refractivity contribution in [3.05, 3.63) is 34.0 Å². The van der Waals surface area contributed by atoms with E-state index < -0.39 is 0 Å². The van der Waals surface area contributed by atoms with Crippen molar-refractivity contribution >= 4 is 32.4 Å². The molecule has 0 atom stereocenters. The zero-order chi connectivity index (χ0) is 10.5. The lowest BCUT2D eigenvalue weighted by atomic mass is 10.2. The fourth-order valence-electron chi connectivity index (χ4n) is 1.14. The van der Waals surface area contributed by atoms with Gasteiger partial charge in [0.1, 0.15) is 0 Å². The van der Waals surface area contributed by atoms with Crippen molar-refractivity contribution in [2.24, 2.45) is 0 Å². The molecule has 0 saturated carbocycles. The Labute approximate surface area is 99.9 Å². The third kappa shape index (κ3) is 3.24. The van der Waals surface area contributed by atoms with Gasteiger partial charge in [-0.3, -0.25) is 4.98 Å². The van der Waals surface area contributed by atoms with Crippen LogP contribution in [0.25, 0.3) is 0 Å². The second-order valence-electron chi connectivity index (χ2n) is 2.89. The number of hydrogen-bond acceptors (Lipinski definition) is 5. The first kappa shape index (κ1) is 10.5. The summed E-state index contributed by atoms with van der Waals surface area (Å²) < 4.78 is 0.800. The predicted molar refractivity (Wildman–Crippen MR) is 64.0 cm³/mol. The van der Waals surface area contributed by atoms with Gasteiger partial charge in [-0.25, -0.2) is 0 Å². The maximum Gasteiger partial charge on any atom is 0.206 e. The minimum atomic E-state index is 0.800. The Bertz CT molecular complexity index is 417. The van der Waals surface area contributed by atoms with Crippen molar-refractivity contribution in [2.45, 2.75) is 6.42 Å². The van der Waals surface area contributed by atoms with Crippen molar-refractivity contribution in [2.75, 3.05) is 11.9 Å². The molecule has 0 aliphatic rings. The molecule has 0 fully saturated rings. The van der Waals surface area contributed by atoms with Crippen LogP contribution in [0.15, 0.2) is 28.4 Å². The number of nitrogens with zero attached hydrogens (tertiary/aromatic N) is 3. The average Bonchev–Trinajstić information content (AvgIpc) is 2.66. The predicted octanol–water partition coefficient (Wildman–Crippen LogP) is 2.35. The zero-order valence-corrected chi connectivity index (χ0v) is 10.3. The molecule has 4 nitrogen and oxygen atoms in total. The fourth-order valence-corrected chi connectivity index (χ4v) is 2.18. The lowest BCUT2D eigenvalue weighted by Crippen LogP contribution is -2.04. The highest BCUT2D eigenvalue weighted by molar-refractivity contribution is 9.11. The first-order valence-electron chi connectivity index (χ1n) is 4.46. The first-order chi connectivity index (χ1) is 7.34. The van der Waals surface area contributed by atoms with Gasteiger partial charge in [0.05, 0.1) is 0 Å². The van der Waals surface area contributed by atoms with Gasteiger partial charge in [0.2, 0.25) is 5.13 Å². The van der Waals surface area contributed by atoms with E-state index in [0.29, 0.717) is 0 Å². The number of halogens is 1. The molecular formula is C9H9BrN4S. The minimum absolute atomic E-state index is 0.800. The van der Waals surface area contributed by atoms with Gasteiger partial charge in [0, 0.05) is 18.9 Å². The van der Waals surface area contributed by atoms with Crippen LogP contribution in [-0.4, -0.2) is 21.7 Å². The van der Waals surface area contributed by atoms with E-state index in [2.05, 4.69) is 36.4 Å². The molecule has 0 spiro atoms. The number of aromatic nitrogens is 3. The third-order valence-corrected chi connectivity index (χ3v) is 3.15. The molecule has 2 heterocycles. The highest BCUT2D eigenvalue weighted by atomic mass is 79.9. The number of hydrogen-bond donors (Lipinski definition) is 1. The van der Waals surface area contributed by atoms with Gasteiger partial charge in [-0.2, -0.15) is 0 Å². The number of pyridine rings is 1. The summed E-state index contributed by atoms with van der Waals surface area (Å²) in [5, 5.41) is 11.9. The van der Waals surface area contributed by atoms with Crippen molar-refractivity contribution in [1.29, 1.82) is 0 Å². The van der Waals surface area contributed by atoms with Gasteiger partial charge in [-0.05, 0) is 40.0 Å². The third-order valence-electron chi connectivity index (χ3n) is 1.84. The molecule has 0 saturated heterocycles.